The van der Waals surface area contributed by atoms with Gasteiger partial charge < -0.3 is 9.84 Å². The number of carbonyl (C=O) groups excluding carboxylic acids is 1. The molecule has 1 heterocycles. The number of benzene rings is 1. The van der Waals surface area contributed by atoms with Crippen LogP contribution in [0.15, 0.2) is 60.4 Å². The zero-order valence-corrected chi connectivity index (χ0v) is 21.7. The van der Waals surface area contributed by atoms with Crippen LogP contribution in [0.2, 0.25) is 0 Å². The van der Waals surface area contributed by atoms with Gasteiger partial charge in [0.25, 0.3) is 0 Å². The van der Waals surface area contributed by atoms with Gasteiger partial charge in [-0.1, -0.05) is 70.4 Å². The molecule has 0 saturated carbocycles. The first-order valence-electron chi connectivity index (χ1n) is 12.4. The second kappa shape index (κ2) is 14.2. The van der Waals surface area contributed by atoms with Crippen molar-refractivity contribution in [1.29, 1.82) is 0 Å². The fraction of sp³-hybridized carbons (Fsp3) is 0.500. The molecular weight excluding hydrogens is 429 g/mol. The Balaban J connectivity index is 2.85. The van der Waals surface area contributed by atoms with E-state index in [4.69, 9.17) is 4.74 Å². The van der Waals surface area contributed by atoms with Crippen molar-refractivity contribution >= 4 is 19.0 Å². The summed E-state index contributed by atoms with van der Waals surface area (Å²) in [5, 5.41) is 11.5. The van der Waals surface area contributed by atoms with Crippen molar-refractivity contribution in [2.75, 3.05) is 25.6 Å². The number of rotatable bonds is 14. The predicted molar refractivity (Wildman–Crippen MR) is 141 cm³/mol. The number of hydrogen-bond acceptors (Lipinski definition) is 4. The molecule has 0 bridgehead atoms. The normalized spacial score (nSPS) is 13.3. The van der Waals surface area contributed by atoms with Crippen LogP contribution in [0.3, 0.4) is 0 Å². The quantitative estimate of drug-likeness (QED) is 0.133. The van der Waals surface area contributed by atoms with Crippen LogP contribution in [0.4, 0.5) is 0 Å². The molecule has 5 heteroatoms. The lowest BCUT2D eigenvalue weighted by Gasteiger charge is -2.36. The smallest absolute Gasteiger partial charge is 0.341 e. The van der Waals surface area contributed by atoms with E-state index in [1.165, 1.54) is 7.11 Å². The lowest BCUT2D eigenvalue weighted by atomic mass is 10.0. The molecule has 0 aliphatic heterocycles. The van der Waals surface area contributed by atoms with Gasteiger partial charge in [0.1, 0.15) is 17.0 Å². The molecule has 0 amide bonds. The van der Waals surface area contributed by atoms with Crippen LogP contribution in [-0.4, -0.2) is 41.7 Å². The number of ether oxygens (including phenoxy) is 1. The van der Waals surface area contributed by atoms with Crippen molar-refractivity contribution in [2.24, 2.45) is 0 Å². The Labute approximate surface area is 200 Å². The molecule has 0 aliphatic rings. The van der Waals surface area contributed by atoms with E-state index < -0.39 is 13.2 Å². The third kappa shape index (κ3) is 7.14. The summed E-state index contributed by atoms with van der Waals surface area (Å²) in [6.07, 6.45) is 13.4. The molecule has 0 saturated heterocycles. The lowest BCUT2D eigenvalue weighted by molar-refractivity contribution is -0.136. The van der Waals surface area contributed by atoms with Gasteiger partial charge >= 0.3 is 5.97 Å². The molecule has 0 aliphatic carbocycles. The van der Waals surface area contributed by atoms with Gasteiger partial charge in [-0.25, -0.2) is 4.79 Å². The van der Waals surface area contributed by atoms with E-state index >= 15 is 0 Å². The number of nitrogens with zero attached hydrogens (tertiary/aromatic N) is 1. The van der Waals surface area contributed by atoms with Gasteiger partial charge in [0.2, 0.25) is 0 Å². The summed E-state index contributed by atoms with van der Waals surface area (Å²) >= 11 is 0. The molecule has 0 fully saturated rings. The van der Waals surface area contributed by atoms with Gasteiger partial charge in [-0.3, -0.25) is 4.98 Å². The number of methoxy groups -OCH3 is 1. The highest BCUT2D eigenvalue weighted by atomic mass is 31.2. The summed E-state index contributed by atoms with van der Waals surface area (Å²) in [6, 6.07) is 13.8. The highest BCUT2D eigenvalue weighted by Crippen LogP contribution is 2.73. The molecule has 1 unspecified atom stereocenters. The van der Waals surface area contributed by atoms with E-state index in [2.05, 4.69) is 37.9 Å². The summed E-state index contributed by atoms with van der Waals surface area (Å²) in [5.74, 6) is -0.418. The first kappa shape index (κ1) is 27.1. The Kier molecular flexibility index (Phi) is 11.6. The van der Waals surface area contributed by atoms with Gasteiger partial charge in [-0.05, 0) is 37.0 Å². The molecule has 180 valence electrons. The van der Waals surface area contributed by atoms with Crippen molar-refractivity contribution in [1.82, 2.24) is 4.98 Å². The van der Waals surface area contributed by atoms with Gasteiger partial charge in [-0.2, -0.15) is 0 Å². The van der Waals surface area contributed by atoms with Gasteiger partial charge in [0.05, 0.1) is 25.6 Å². The fourth-order valence-corrected chi connectivity index (χ4v) is 10.5. The summed E-state index contributed by atoms with van der Waals surface area (Å²) in [6.45, 7) is 6.70. The molecular formula is C28H41NO3P+. The molecule has 1 atom stereocenters. The highest BCUT2D eigenvalue weighted by Gasteiger charge is 2.50. The number of esters is 1. The first-order valence-corrected chi connectivity index (χ1v) is 14.8. The standard InChI is InChI=1S/C28H40NO3P/c1-5-8-20-33(21-9-6-2,22-10-7-3)27(24-14-12-11-13-15-24)25(28(31)32-4)26(30)23-16-18-29-19-17-23/h11-19,27H,5-10,20-22H2,1-4H3/p+1. The van der Waals surface area contributed by atoms with Crippen molar-refractivity contribution < 1.29 is 14.6 Å². The van der Waals surface area contributed by atoms with E-state index in [1.54, 1.807) is 24.5 Å². The van der Waals surface area contributed by atoms with Crippen LogP contribution in [0.25, 0.3) is 5.76 Å². The molecule has 1 N–H and O–H groups in total. The van der Waals surface area contributed by atoms with Crippen LogP contribution >= 0.6 is 7.26 Å². The molecule has 4 nitrogen and oxygen atoms in total. The minimum atomic E-state index is -1.71. The van der Waals surface area contributed by atoms with Gasteiger partial charge in [0.15, 0.2) is 0 Å². The maximum absolute atomic E-state index is 13.4. The van der Waals surface area contributed by atoms with Crippen molar-refractivity contribution in [3.63, 3.8) is 0 Å². The molecule has 2 aromatic rings. The van der Waals surface area contributed by atoms with Crippen LogP contribution in [-0.2, 0) is 9.53 Å². The van der Waals surface area contributed by atoms with E-state index in [0.29, 0.717) is 11.1 Å². The largest absolute Gasteiger partial charge is 0.507 e. The monoisotopic (exact) mass is 470 g/mol. The predicted octanol–water partition coefficient (Wildman–Crippen LogP) is 7.68. The summed E-state index contributed by atoms with van der Waals surface area (Å²) < 4.78 is 5.31. The average molecular weight is 471 g/mol. The Bertz CT molecular complexity index is 845. The zero-order valence-electron chi connectivity index (χ0n) is 20.8. The van der Waals surface area contributed by atoms with Crippen LogP contribution in [0.1, 0.15) is 76.1 Å². The third-order valence-electron chi connectivity index (χ3n) is 6.42. The fourth-order valence-electron chi connectivity index (χ4n) is 4.65. The minimum absolute atomic E-state index is 0.0203. The first-order chi connectivity index (χ1) is 16.0. The molecule has 2 rings (SSSR count). The molecule has 1 aromatic carbocycles. The number of unbranched alkanes of at least 4 members (excludes halogenated alkanes) is 3. The topological polar surface area (TPSA) is 59.4 Å². The molecule has 1 aromatic heterocycles. The Morgan fingerprint density at radius 3 is 1.88 bits per heavy atom. The number of carbonyl (C=O) groups is 1. The summed E-state index contributed by atoms with van der Waals surface area (Å²) in [7, 11) is -0.298. The van der Waals surface area contributed by atoms with Crippen LogP contribution in [0, 0.1) is 0 Å². The summed E-state index contributed by atoms with van der Waals surface area (Å²) in [4.78, 5) is 17.5. The lowest BCUT2D eigenvalue weighted by Crippen LogP contribution is -2.24. The van der Waals surface area contributed by atoms with E-state index in [9.17, 15) is 9.90 Å². The van der Waals surface area contributed by atoms with E-state index in [1.807, 2.05) is 18.2 Å². The molecule has 0 spiro atoms. The highest BCUT2D eigenvalue weighted by molar-refractivity contribution is 7.76. The van der Waals surface area contributed by atoms with Crippen molar-refractivity contribution in [2.45, 2.75) is 65.0 Å². The van der Waals surface area contributed by atoms with Crippen LogP contribution < -0.4 is 0 Å². The van der Waals surface area contributed by atoms with Gasteiger partial charge in [0, 0.05) is 25.2 Å². The SMILES string of the molecule is CCCC[P+](CCCC)(CCCC)C(/C(C(=O)OC)=C(\O)c1ccncc1)c1ccccc1. The number of hydrogen-bond donors (Lipinski definition) is 1. The third-order valence-corrected chi connectivity index (χ3v) is 11.7. The second-order valence-corrected chi connectivity index (χ2v) is 13.0. The summed E-state index contributed by atoms with van der Waals surface area (Å²) in [5.41, 5.74) is 1.97. The van der Waals surface area contributed by atoms with Crippen molar-refractivity contribution in [3.8, 4) is 0 Å². The Morgan fingerprint density at radius 1 is 0.909 bits per heavy atom. The minimum Gasteiger partial charge on any atom is -0.507 e. The van der Waals surface area contributed by atoms with Crippen LogP contribution in [0.5, 0.6) is 0 Å². The van der Waals surface area contributed by atoms with E-state index in [0.717, 1.165) is 62.6 Å². The maximum Gasteiger partial charge on any atom is 0.341 e. The number of aliphatic hydroxyl groups excluding tert-OH is 1. The Morgan fingerprint density at radius 2 is 1.42 bits per heavy atom. The zero-order chi connectivity index (χ0) is 24.1. The second-order valence-electron chi connectivity index (χ2n) is 8.75. The average Bonchev–Trinajstić information content (AvgIpc) is 2.87. The van der Waals surface area contributed by atoms with Crippen molar-refractivity contribution in [3.05, 3.63) is 71.6 Å². The maximum atomic E-state index is 13.4. The number of pyridine rings is 1. The number of aliphatic hydroxyl groups is 1. The Hall–Kier alpha value is -2.19. The number of aromatic nitrogens is 1. The molecule has 0 radical (unpaired) electrons. The van der Waals surface area contributed by atoms with E-state index in [-0.39, 0.29) is 11.4 Å². The molecule has 33 heavy (non-hydrogen) atoms. The van der Waals surface area contributed by atoms with Gasteiger partial charge in [-0.15, -0.1) is 0 Å².